The molecule has 1 fully saturated rings. The van der Waals surface area contributed by atoms with Crippen molar-refractivity contribution in [2.45, 2.75) is 12.6 Å². The van der Waals surface area contributed by atoms with Gasteiger partial charge < -0.3 is 43.8 Å². The molecule has 1 aliphatic heterocycles. The van der Waals surface area contributed by atoms with Crippen LogP contribution in [0, 0.1) is 0 Å². The van der Waals surface area contributed by atoms with E-state index in [2.05, 4.69) is 48.5 Å². The Balaban J connectivity index is 0.00000140. The second kappa shape index (κ2) is 10.8. The molecule has 1 aliphatic rings. The van der Waals surface area contributed by atoms with Gasteiger partial charge in [0.1, 0.15) is 51.0 Å². The number of ether oxygens (including phenoxy) is 1. The number of benzene rings is 2. The molecular weight excluding hydrogens is 395 g/mol. The van der Waals surface area contributed by atoms with E-state index < -0.39 is 0 Å². The third kappa shape index (κ3) is 5.49. The smallest absolute Gasteiger partial charge is 0.159 e. The predicted octanol–water partition coefficient (Wildman–Crippen LogP) is -4.89. The summed E-state index contributed by atoms with van der Waals surface area (Å²) in [5.74, 6) is 1.10. The first-order chi connectivity index (χ1) is 12.8. The maximum atomic E-state index is 5.99. The lowest BCUT2D eigenvalue weighted by molar-refractivity contribution is -1.02. The molecule has 28 heavy (non-hydrogen) atoms. The van der Waals surface area contributed by atoms with Gasteiger partial charge in [-0.1, -0.05) is 48.5 Å². The topological polar surface area (TPSA) is 31.3 Å². The van der Waals surface area contributed by atoms with Gasteiger partial charge in [-0.2, -0.15) is 0 Å². The zero-order valence-electron chi connectivity index (χ0n) is 16.2. The van der Waals surface area contributed by atoms with Crippen LogP contribution < -0.4 is 34.6 Å². The van der Waals surface area contributed by atoms with Crippen LogP contribution in [0.4, 0.5) is 0 Å². The zero-order valence-corrected chi connectivity index (χ0v) is 17.7. The van der Waals surface area contributed by atoms with E-state index in [9.17, 15) is 0 Å². The molecule has 3 aromatic rings. The SMILES string of the molecule is COC(C[NH+]1CC[NH+](Cc2cc3ccccc3o2)CC1)c1ccccc1.[Cl-].[Cl-]. The fraction of sp³-hybridized carbons (Fsp3) is 0.364. The number of hydrogen-bond donors (Lipinski definition) is 2. The minimum absolute atomic E-state index is 0. The van der Waals surface area contributed by atoms with Gasteiger partial charge in [-0.3, -0.25) is 0 Å². The average molecular weight is 423 g/mol. The van der Waals surface area contributed by atoms with E-state index in [0.29, 0.717) is 0 Å². The van der Waals surface area contributed by atoms with E-state index in [0.717, 1.165) is 24.4 Å². The Hall–Kier alpha value is -1.56. The van der Waals surface area contributed by atoms with Crippen LogP contribution in [-0.2, 0) is 11.3 Å². The highest BCUT2D eigenvalue weighted by atomic mass is 35.5. The number of hydrogen-bond acceptors (Lipinski definition) is 2. The maximum Gasteiger partial charge on any atom is 0.159 e. The molecule has 0 aliphatic carbocycles. The largest absolute Gasteiger partial charge is 1.00 e. The molecule has 0 radical (unpaired) electrons. The molecule has 1 atom stereocenters. The number of halogens is 2. The van der Waals surface area contributed by atoms with Gasteiger partial charge >= 0.3 is 0 Å². The van der Waals surface area contributed by atoms with Crippen molar-refractivity contribution in [3.63, 3.8) is 0 Å². The van der Waals surface area contributed by atoms with Crippen molar-refractivity contribution >= 4 is 11.0 Å². The lowest BCUT2D eigenvalue weighted by atomic mass is 10.1. The number of furan rings is 1. The molecule has 6 heteroatoms. The Kier molecular flexibility index (Phi) is 8.80. The van der Waals surface area contributed by atoms with Gasteiger partial charge in [0.2, 0.25) is 0 Å². The molecule has 1 saturated heterocycles. The van der Waals surface area contributed by atoms with Gasteiger partial charge in [0.15, 0.2) is 5.76 Å². The van der Waals surface area contributed by atoms with Crippen molar-refractivity contribution < 1.29 is 43.8 Å². The molecule has 1 aromatic heterocycles. The molecule has 0 amide bonds. The highest BCUT2D eigenvalue weighted by Crippen LogP contribution is 2.18. The summed E-state index contributed by atoms with van der Waals surface area (Å²) in [6, 6.07) is 21.0. The molecule has 2 N–H and O–H groups in total. The van der Waals surface area contributed by atoms with Crippen molar-refractivity contribution in [3.05, 3.63) is 72.0 Å². The van der Waals surface area contributed by atoms with Crippen LogP contribution in [0.3, 0.4) is 0 Å². The number of piperazine rings is 1. The molecule has 4 rings (SSSR count). The lowest BCUT2D eigenvalue weighted by Gasteiger charge is -2.31. The van der Waals surface area contributed by atoms with Gasteiger partial charge in [-0.05, 0) is 17.7 Å². The standard InChI is InChI=1S/C22H26N2O2.2ClH/c1-25-22(18-7-3-2-4-8-18)17-24-13-11-23(12-14-24)16-20-15-19-9-5-6-10-21(19)26-20;;/h2-10,15,22H,11-14,16-17H2,1H3;2*1H. The summed E-state index contributed by atoms with van der Waals surface area (Å²) < 4.78 is 11.7. The van der Waals surface area contributed by atoms with Crippen molar-refractivity contribution in [2.24, 2.45) is 0 Å². The minimum atomic E-state index is 0. The second-order valence-corrected chi connectivity index (χ2v) is 7.27. The summed E-state index contributed by atoms with van der Waals surface area (Å²) in [5.41, 5.74) is 2.27. The highest BCUT2D eigenvalue weighted by molar-refractivity contribution is 5.77. The van der Waals surface area contributed by atoms with E-state index in [1.54, 1.807) is 9.80 Å². The minimum Gasteiger partial charge on any atom is -1.00 e. The summed E-state index contributed by atoms with van der Waals surface area (Å²) in [6.07, 6.45) is 0.183. The highest BCUT2D eigenvalue weighted by Gasteiger charge is 2.27. The Labute approximate surface area is 179 Å². The Morgan fingerprint density at radius 1 is 0.893 bits per heavy atom. The summed E-state index contributed by atoms with van der Waals surface area (Å²) in [4.78, 5) is 3.25. The van der Waals surface area contributed by atoms with Crippen molar-refractivity contribution in [2.75, 3.05) is 39.8 Å². The van der Waals surface area contributed by atoms with Gasteiger partial charge in [0.25, 0.3) is 0 Å². The molecule has 2 aromatic carbocycles. The van der Waals surface area contributed by atoms with Crippen LogP contribution >= 0.6 is 0 Å². The van der Waals surface area contributed by atoms with Crippen molar-refractivity contribution in [3.8, 4) is 0 Å². The number of fused-ring (bicyclic) bond motifs is 1. The Morgan fingerprint density at radius 3 is 2.21 bits per heavy atom. The first-order valence-electron chi connectivity index (χ1n) is 9.54. The fourth-order valence-electron chi connectivity index (χ4n) is 3.98. The molecule has 4 nitrogen and oxygen atoms in total. The second-order valence-electron chi connectivity index (χ2n) is 7.27. The van der Waals surface area contributed by atoms with Crippen LogP contribution in [0.1, 0.15) is 17.4 Å². The van der Waals surface area contributed by atoms with E-state index in [1.807, 2.05) is 19.2 Å². The van der Waals surface area contributed by atoms with Gasteiger partial charge in [-0.25, -0.2) is 0 Å². The van der Waals surface area contributed by atoms with E-state index in [4.69, 9.17) is 9.15 Å². The first kappa shape index (κ1) is 22.7. The summed E-state index contributed by atoms with van der Waals surface area (Å²) in [5, 5.41) is 1.21. The summed E-state index contributed by atoms with van der Waals surface area (Å²) in [6.45, 7) is 6.74. The predicted molar refractivity (Wildman–Crippen MR) is 102 cm³/mol. The summed E-state index contributed by atoms with van der Waals surface area (Å²) >= 11 is 0. The van der Waals surface area contributed by atoms with Crippen LogP contribution in [0.5, 0.6) is 0 Å². The molecule has 1 unspecified atom stereocenters. The fourth-order valence-corrected chi connectivity index (χ4v) is 3.98. The molecule has 0 saturated carbocycles. The Morgan fingerprint density at radius 2 is 1.54 bits per heavy atom. The van der Waals surface area contributed by atoms with Gasteiger partial charge in [0, 0.05) is 12.5 Å². The number of nitrogens with one attached hydrogen (secondary N) is 2. The van der Waals surface area contributed by atoms with Crippen LogP contribution in [0.2, 0.25) is 0 Å². The quantitative estimate of drug-likeness (QED) is 0.417. The normalized spacial score (nSPS) is 20.2. The summed E-state index contributed by atoms with van der Waals surface area (Å²) in [7, 11) is 1.82. The number of rotatable bonds is 6. The molecular formula is C22H28Cl2N2O2. The molecule has 152 valence electrons. The number of methoxy groups -OCH3 is 1. The van der Waals surface area contributed by atoms with Crippen molar-refractivity contribution in [1.82, 2.24) is 0 Å². The van der Waals surface area contributed by atoms with Gasteiger partial charge in [0.05, 0.1) is 0 Å². The van der Waals surface area contributed by atoms with E-state index in [1.165, 1.54) is 37.1 Å². The third-order valence-corrected chi connectivity index (χ3v) is 5.49. The average Bonchev–Trinajstić information content (AvgIpc) is 3.10. The van der Waals surface area contributed by atoms with Gasteiger partial charge in [-0.15, -0.1) is 0 Å². The third-order valence-electron chi connectivity index (χ3n) is 5.49. The van der Waals surface area contributed by atoms with E-state index >= 15 is 0 Å². The lowest BCUT2D eigenvalue weighted by Crippen LogP contribution is -3.27. The number of para-hydroxylation sites is 1. The van der Waals surface area contributed by atoms with Crippen molar-refractivity contribution in [1.29, 1.82) is 0 Å². The Bertz CT molecular complexity index is 800. The van der Waals surface area contributed by atoms with E-state index in [-0.39, 0.29) is 30.9 Å². The molecule has 2 heterocycles. The van der Waals surface area contributed by atoms with Crippen LogP contribution in [0.15, 0.2) is 65.1 Å². The molecule has 0 spiro atoms. The maximum absolute atomic E-state index is 5.99. The first-order valence-corrected chi connectivity index (χ1v) is 9.54. The zero-order chi connectivity index (χ0) is 17.8. The van der Waals surface area contributed by atoms with Crippen LogP contribution in [-0.4, -0.2) is 39.8 Å². The molecule has 0 bridgehead atoms. The van der Waals surface area contributed by atoms with Crippen LogP contribution in [0.25, 0.3) is 11.0 Å². The monoisotopic (exact) mass is 422 g/mol. The number of quaternary nitrogens is 2.